The predicted octanol–water partition coefficient (Wildman–Crippen LogP) is 17.7. The number of rotatable bonds is 53. The van der Waals surface area contributed by atoms with Crippen molar-refractivity contribution in [3.8, 4) is 0 Å². The summed E-state index contributed by atoms with van der Waals surface area (Å²) < 4.78 is 16.4. The van der Waals surface area contributed by atoms with E-state index in [9.17, 15) is 19.5 Å². The largest absolute Gasteiger partial charge is 0.466 e. The first-order valence-corrected chi connectivity index (χ1v) is 28.6. The van der Waals surface area contributed by atoms with Gasteiger partial charge in [-0.25, -0.2) is 4.79 Å². The van der Waals surface area contributed by atoms with Gasteiger partial charge in [0.1, 0.15) is 0 Å². The summed E-state index contributed by atoms with van der Waals surface area (Å²) in [6.45, 7) is 7.44. The number of ether oxygens (including phenoxy) is 3. The van der Waals surface area contributed by atoms with Crippen molar-refractivity contribution < 1.29 is 33.7 Å². The third-order valence-corrected chi connectivity index (χ3v) is 13.3. The number of esters is 3. The van der Waals surface area contributed by atoms with Crippen LogP contribution in [0.25, 0.3) is 0 Å². The zero-order chi connectivity index (χ0) is 46.7. The lowest BCUT2D eigenvalue weighted by Gasteiger charge is -2.24. The number of carbonyl (C=O) groups is 3. The molecule has 0 atom stereocenters. The average Bonchev–Trinajstić information content (AvgIpc) is 3.28. The van der Waals surface area contributed by atoms with Gasteiger partial charge in [0.15, 0.2) is 5.60 Å². The van der Waals surface area contributed by atoms with Crippen molar-refractivity contribution in [2.45, 2.75) is 328 Å². The highest BCUT2D eigenvalue weighted by atomic mass is 16.6. The Bertz CT molecular complexity index is 933. The summed E-state index contributed by atoms with van der Waals surface area (Å²) in [6.07, 6.45) is 55.1. The molecule has 0 fully saturated rings. The molecule has 0 aromatic heterocycles. The zero-order valence-corrected chi connectivity index (χ0v) is 43.3. The Morgan fingerprint density at radius 3 is 0.656 bits per heavy atom. The molecule has 0 aromatic rings. The fourth-order valence-corrected chi connectivity index (χ4v) is 8.88. The minimum absolute atomic E-state index is 0.155. The highest BCUT2D eigenvalue weighted by Gasteiger charge is 2.43. The molecule has 0 heterocycles. The molecule has 380 valence electrons. The van der Waals surface area contributed by atoms with Crippen LogP contribution in [0.4, 0.5) is 0 Å². The van der Waals surface area contributed by atoms with E-state index in [1.165, 1.54) is 231 Å². The maximum absolute atomic E-state index is 13.2. The van der Waals surface area contributed by atoms with Crippen LogP contribution in [0.15, 0.2) is 0 Å². The van der Waals surface area contributed by atoms with Crippen molar-refractivity contribution in [2.75, 3.05) is 19.8 Å². The van der Waals surface area contributed by atoms with Crippen LogP contribution in [0.5, 0.6) is 0 Å². The van der Waals surface area contributed by atoms with Gasteiger partial charge in [-0.15, -0.1) is 0 Å². The van der Waals surface area contributed by atoms with Crippen molar-refractivity contribution in [3.05, 3.63) is 0 Å². The fourth-order valence-electron chi connectivity index (χ4n) is 8.88. The number of unbranched alkanes of at least 4 members (excludes halogenated alkanes) is 42. The second kappa shape index (κ2) is 50.8. The molecular weight excluding hydrogens is 797 g/mol. The summed E-state index contributed by atoms with van der Waals surface area (Å²) in [5.41, 5.74) is -2.30. The van der Waals surface area contributed by atoms with E-state index in [2.05, 4.69) is 20.8 Å². The predicted molar refractivity (Wildman–Crippen MR) is 272 cm³/mol. The van der Waals surface area contributed by atoms with Gasteiger partial charge in [0.05, 0.1) is 32.7 Å². The van der Waals surface area contributed by atoms with Gasteiger partial charge in [-0.2, -0.15) is 0 Å². The lowest BCUT2D eigenvalue weighted by atomic mass is 9.95. The van der Waals surface area contributed by atoms with Crippen LogP contribution in [0, 0.1) is 0 Å². The smallest absolute Gasteiger partial charge is 0.339 e. The number of hydrogen-bond acceptors (Lipinski definition) is 7. The van der Waals surface area contributed by atoms with Crippen molar-refractivity contribution in [1.82, 2.24) is 0 Å². The molecule has 0 rings (SSSR count). The monoisotopic (exact) mass is 907 g/mol. The molecule has 7 nitrogen and oxygen atoms in total. The maximum atomic E-state index is 13.2. The Morgan fingerprint density at radius 2 is 0.453 bits per heavy atom. The Kier molecular flexibility index (Phi) is 49.5. The van der Waals surface area contributed by atoms with Gasteiger partial charge < -0.3 is 19.3 Å². The first-order chi connectivity index (χ1) is 31.4. The molecule has 0 unspecified atom stereocenters. The molecular formula is C57H110O7. The van der Waals surface area contributed by atoms with Crippen LogP contribution in [-0.4, -0.2) is 48.4 Å². The number of hydrogen-bond donors (Lipinski definition) is 1. The minimum atomic E-state index is -2.30. The average molecular weight is 907 g/mol. The lowest BCUT2D eigenvalue weighted by molar-refractivity contribution is -0.178. The Balaban J connectivity index is 4.44. The third kappa shape index (κ3) is 45.5. The molecule has 0 aliphatic carbocycles. The van der Waals surface area contributed by atoms with Crippen LogP contribution in [-0.2, 0) is 28.6 Å². The van der Waals surface area contributed by atoms with Gasteiger partial charge in [0.2, 0.25) is 0 Å². The van der Waals surface area contributed by atoms with Crippen LogP contribution in [0.1, 0.15) is 323 Å². The Labute approximate surface area is 398 Å². The quantitative estimate of drug-likeness (QED) is 0.0369. The van der Waals surface area contributed by atoms with E-state index >= 15 is 0 Å². The zero-order valence-electron chi connectivity index (χ0n) is 43.3. The van der Waals surface area contributed by atoms with Crippen LogP contribution in [0.3, 0.4) is 0 Å². The van der Waals surface area contributed by atoms with Crippen molar-refractivity contribution >= 4 is 17.9 Å². The molecule has 0 spiro atoms. The van der Waals surface area contributed by atoms with Gasteiger partial charge >= 0.3 is 17.9 Å². The molecule has 0 saturated heterocycles. The van der Waals surface area contributed by atoms with Crippen molar-refractivity contribution in [3.63, 3.8) is 0 Å². The Hall–Kier alpha value is -1.63. The Morgan fingerprint density at radius 1 is 0.281 bits per heavy atom. The SMILES string of the molecule is CCCCCCCCCCCCCCCCCOC(=O)CC(O)(CC(=O)OCCCCCCCCCCCCCCCCC)C(=O)OCCCCCCCCCCCCCCCCC. The number of aliphatic hydroxyl groups is 1. The van der Waals surface area contributed by atoms with E-state index in [1.54, 1.807) is 0 Å². The van der Waals surface area contributed by atoms with E-state index in [0.717, 1.165) is 51.4 Å². The molecule has 1 N–H and O–H groups in total. The summed E-state index contributed by atoms with van der Waals surface area (Å²) in [6, 6.07) is 0. The van der Waals surface area contributed by atoms with E-state index in [1.807, 2.05) is 0 Å². The standard InChI is InChI=1S/C57H110O7/c1-4-7-10-13-16-19-22-25-28-31-34-37-40-43-46-49-62-54(58)52-57(61,56(60)64-51-48-45-42-39-36-33-30-27-24-21-18-15-12-9-6-3)53-55(59)63-50-47-44-41-38-35-32-29-26-23-20-17-14-11-8-5-2/h61H,4-53H2,1-3H3. The van der Waals surface area contributed by atoms with E-state index < -0.39 is 36.4 Å². The molecule has 7 heteroatoms. The highest BCUT2D eigenvalue weighted by molar-refractivity contribution is 5.90. The van der Waals surface area contributed by atoms with Crippen LogP contribution < -0.4 is 0 Å². The molecule has 0 amide bonds. The van der Waals surface area contributed by atoms with Crippen LogP contribution >= 0.6 is 0 Å². The van der Waals surface area contributed by atoms with Gasteiger partial charge in [0.25, 0.3) is 0 Å². The molecule has 0 radical (unpaired) electrons. The first-order valence-electron chi connectivity index (χ1n) is 28.6. The summed E-state index contributed by atoms with van der Waals surface area (Å²) in [7, 11) is 0. The number of carbonyl (C=O) groups excluding carboxylic acids is 3. The third-order valence-electron chi connectivity index (χ3n) is 13.3. The molecule has 0 aromatic carbocycles. The molecule has 0 bridgehead atoms. The maximum Gasteiger partial charge on any atom is 0.339 e. The van der Waals surface area contributed by atoms with Gasteiger partial charge in [-0.05, 0) is 19.3 Å². The molecule has 64 heavy (non-hydrogen) atoms. The van der Waals surface area contributed by atoms with Crippen LogP contribution in [0.2, 0.25) is 0 Å². The summed E-state index contributed by atoms with van der Waals surface area (Å²) in [4.78, 5) is 39.0. The van der Waals surface area contributed by atoms with Gasteiger partial charge in [0, 0.05) is 0 Å². The van der Waals surface area contributed by atoms with Crippen molar-refractivity contribution in [2.24, 2.45) is 0 Å². The van der Waals surface area contributed by atoms with E-state index in [0.29, 0.717) is 6.42 Å². The molecule has 0 aliphatic rings. The second-order valence-electron chi connectivity index (χ2n) is 19.8. The van der Waals surface area contributed by atoms with Crippen molar-refractivity contribution in [1.29, 1.82) is 0 Å². The van der Waals surface area contributed by atoms with E-state index in [-0.39, 0.29) is 19.8 Å². The summed E-state index contributed by atoms with van der Waals surface area (Å²) >= 11 is 0. The summed E-state index contributed by atoms with van der Waals surface area (Å²) in [5.74, 6) is -2.32. The topological polar surface area (TPSA) is 99.1 Å². The van der Waals surface area contributed by atoms with Gasteiger partial charge in [-0.3, -0.25) is 9.59 Å². The fraction of sp³-hybridized carbons (Fsp3) is 0.947. The molecule has 0 saturated carbocycles. The van der Waals surface area contributed by atoms with Gasteiger partial charge in [-0.1, -0.05) is 290 Å². The molecule has 0 aliphatic heterocycles. The highest BCUT2D eigenvalue weighted by Crippen LogP contribution is 2.22. The summed E-state index contributed by atoms with van der Waals surface area (Å²) in [5, 5.41) is 11.4. The minimum Gasteiger partial charge on any atom is -0.466 e. The lowest BCUT2D eigenvalue weighted by Crippen LogP contribution is -2.45. The second-order valence-corrected chi connectivity index (χ2v) is 19.8. The normalized spacial score (nSPS) is 11.6. The van der Waals surface area contributed by atoms with E-state index in [4.69, 9.17) is 14.2 Å². The first kappa shape index (κ1) is 62.4.